The molecule has 2 amide bonds. The van der Waals surface area contributed by atoms with Crippen LogP contribution < -0.4 is 11.5 Å². The summed E-state index contributed by atoms with van der Waals surface area (Å²) in [6.07, 6.45) is 2.16. The highest BCUT2D eigenvalue weighted by molar-refractivity contribution is 6.18. The molecule has 0 aliphatic heterocycles. The summed E-state index contributed by atoms with van der Waals surface area (Å²) < 4.78 is 0. The van der Waals surface area contributed by atoms with E-state index in [1.54, 1.807) is 0 Å². The molecule has 0 spiro atoms. The molecular formula is C10H13N3O3. The quantitative estimate of drug-likeness (QED) is 0.345. The minimum atomic E-state index is -0.860. The van der Waals surface area contributed by atoms with Gasteiger partial charge < -0.3 is 11.5 Å². The standard InChI is InChI=1S/C10H13N3O3/c1-3-7(9(11)15)8(10(12)16)5-13-4-6(2)14/h3,5H,1,4H2,2H3,(H2,11,15)(H2,12,16)/b8-7-,13-5?. The van der Waals surface area contributed by atoms with Crippen LogP contribution in [0.15, 0.2) is 28.8 Å². The van der Waals surface area contributed by atoms with Crippen molar-refractivity contribution in [3.8, 4) is 0 Å². The van der Waals surface area contributed by atoms with Crippen molar-refractivity contribution in [3.63, 3.8) is 0 Å². The van der Waals surface area contributed by atoms with Gasteiger partial charge in [0.2, 0.25) is 5.91 Å². The van der Waals surface area contributed by atoms with Gasteiger partial charge in [-0.25, -0.2) is 0 Å². The van der Waals surface area contributed by atoms with Crippen molar-refractivity contribution in [2.75, 3.05) is 6.54 Å². The second kappa shape index (κ2) is 6.28. The van der Waals surface area contributed by atoms with Crippen LogP contribution in [-0.2, 0) is 14.4 Å². The Morgan fingerprint density at radius 1 is 1.19 bits per heavy atom. The van der Waals surface area contributed by atoms with Crippen LogP contribution >= 0.6 is 0 Å². The first-order chi connectivity index (χ1) is 7.40. The van der Waals surface area contributed by atoms with E-state index in [-0.39, 0.29) is 23.5 Å². The number of hydrogen-bond acceptors (Lipinski definition) is 4. The molecule has 0 aromatic carbocycles. The smallest absolute Gasteiger partial charge is 0.251 e. The van der Waals surface area contributed by atoms with Gasteiger partial charge in [0.15, 0.2) is 5.78 Å². The summed E-state index contributed by atoms with van der Waals surface area (Å²) in [5, 5.41) is 0. The van der Waals surface area contributed by atoms with Gasteiger partial charge in [-0.05, 0) is 6.92 Å². The fourth-order valence-corrected chi connectivity index (χ4v) is 0.875. The zero-order valence-electron chi connectivity index (χ0n) is 8.90. The zero-order chi connectivity index (χ0) is 12.7. The van der Waals surface area contributed by atoms with E-state index in [1.165, 1.54) is 6.92 Å². The number of aliphatic imine (C=N–C) groups is 1. The molecule has 0 aliphatic rings. The number of ketones is 1. The third-order valence-electron chi connectivity index (χ3n) is 1.56. The van der Waals surface area contributed by atoms with Crippen molar-refractivity contribution in [2.45, 2.75) is 6.92 Å². The third kappa shape index (κ3) is 4.32. The average molecular weight is 223 g/mol. The molecule has 0 aromatic heterocycles. The van der Waals surface area contributed by atoms with Crippen LogP contribution in [0.1, 0.15) is 6.92 Å². The molecule has 0 unspecified atom stereocenters. The Bertz CT molecular complexity index is 394. The van der Waals surface area contributed by atoms with Crippen molar-refractivity contribution >= 4 is 23.8 Å². The van der Waals surface area contributed by atoms with Crippen LogP contribution in [0.4, 0.5) is 0 Å². The minimum absolute atomic E-state index is 0.0973. The number of carbonyl (C=O) groups is 3. The highest BCUT2D eigenvalue weighted by Gasteiger charge is 2.12. The monoisotopic (exact) mass is 223 g/mol. The summed E-state index contributed by atoms with van der Waals surface area (Å²) in [6, 6.07) is 0. The molecule has 0 radical (unpaired) electrons. The molecule has 0 rings (SSSR count). The van der Waals surface area contributed by atoms with Crippen LogP contribution in [-0.4, -0.2) is 30.4 Å². The predicted octanol–water partition coefficient (Wildman–Crippen LogP) is -0.901. The summed E-state index contributed by atoms with van der Waals surface area (Å²) in [6.45, 7) is 4.58. The molecule has 0 saturated carbocycles. The first-order valence-electron chi connectivity index (χ1n) is 4.35. The first-order valence-corrected chi connectivity index (χ1v) is 4.35. The van der Waals surface area contributed by atoms with Crippen molar-refractivity contribution in [2.24, 2.45) is 16.5 Å². The normalized spacial score (nSPS) is 12.1. The van der Waals surface area contributed by atoms with Gasteiger partial charge >= 0.3 is 0 Å². The van der Waals surface area contributed by atoms with Crippen LogP contribution in [0.2, 0.25) is 0 Å². The Labute approximate surface area is 92.7 Å². The first kappa shape index (κ1) is 13.8. The molecule has 16 heavy (non-hydrogen) atoms. The van der Waals surface area contributed by atoms with E-state index < -0.39 is 11.8 Å². The molecule has 6 heteroatoms. The molecule has 0 fully saturated rings. The van der Waals surface area contributed by atoms with E-state index in [0.29, 0.717) is 0 Å². The van der Waals surface area contributed by atoms with Gasteiger partial charge in [0.05, 0.1) is 17.7 Å². The Balaban J connectivity index is 5.22. The summed E-state index contributed by atoms with van der Waals surface area (Å²) in [5.74, 6) is -1.88. The second-order valence-corrected chi connectivity index (χ2v) is 2.93. The number of amides is 2. The van der Waals surface area contributed by atoms with Gasteiger partial charge in [0.25, 0.3) is 5.91 Å². The number of carbonyl (C=O) groups excluding carboxylic acids is 3. The van der Waals surface area contributed by atoms with E-state index in [1.807, 2.05) is 0 Å². The van der Waals surface area contributed by atoms with E-state index in [9.17, 15) is 14.4 Å². The van der Waals surface area contributed by atoms with Crippen molar-refractivity contribution in [1.29, 1.82) is 0 Å². The van der Waals surface area contributed by atoms with Crippen LogP contribution in [0, 0.1) is 0 Å². The highest BCUT2D eigenvalue weighted by atomic mass is 16.2. The van der Waals surface area contributed by atoms with E-state index in [0.717, 1.165) is 12.3 Å². The second-order valence-electron chi connectivity index (χ2n) is 2.93. The maximum absolute atomic E-state index is 11.0. The fraction of sp³-hybridized carbons (Fsp3) is 0.200. The molecule has 6 nitrogen and oxygen atoms in total. The topological polar surface area (TPSA) is 116 Å². The van der Waals surface area contributed by atoms with Gasteiger partial charge in [0.1, 0.15) is 0 Å². The molecule has 0 saturated heterocycles. The molecule has 86 valence electrons. The predicted molar refractivity (Wildman–Crippen MR) is 59.7 cm³/mol. The number of nitrogens with zero attached hydrogens (tertiary/aromatic N) is 1. The van der Waals surface area contributed by atoms with Crippen LogP contribution in [0.25, 0.3) is 0 Å². The van der Waals surface area contributed by atoms with Crippen molar-refractivity contribution in [3.05, 3.63) is 23.8 Å². The number of Topliss-reactive ketones (excluding diaryl/α,β-unsaturated/α-hetero) is 1. The Morgan fingerprint density at radius 3 is 2.00 bits per heavy atom. The fourth-order valence-electron chi connectivity index (χ4n) is 0.875. The lowest BCUT2D eigenvalue weighted by molar-refractivity contribution is -0.116. The lowest BCUT2D eigenvalue weighted by Crippen LogP contribution is -2.23. The van der Waals surface area contributed by atoms with Gasteiger partial charge in [0, 0.05) is 6.21 Å². The van der Waals surface area contributed by atoms with Gasteiger partial charge in [-0.3, -0.25) is 19.4 Å². The molecule has 4 N–H and O–H groups in total. The lowest BCUT2D eigenvalue weighted by atomic mass is 10.1. The Morgan fingerprint density at radius 2 is 1.69 bits per heavy atom. The summed E-state index contributed by atoms with van der Waals surface area (Å²) in [5.41, 5.74) is 9.76. The maximum atomic E-state index is 11.0. The van der Waals surface area contributed by atoms with Gasteiger partial charge in [-0.2, -0.15) is 0 Å². The molecule has 0 aromatic rings. The molecule has 0 atom stereocenters. The van der Waals surface area contributed by atoms with Crippen molar-refractivity contribution < 1.29 is 14.4 Å². The number of nitrogens with two attached hydrogens (primary N) is 2. The summed E-state index contributed by atoms with van der Waals surface area (Å²) >= 11 is 0. The van der Waals surface area contributed by atoms with E-state index in [4.69, 9.17) is 11.5 Å². The van der Waals surface area contributed by atoms with Crippen LogP contribution in [0.5, 0.6) is 0 Å². The van der Waals surface area contributed by atoms with E-state index in [2.05, 4.69) is 11.6 Å². The van der Waals surface area contributed by atoms with Crippen LogP contribution in [0.3, 0.4) is 0 Å². The Kier molecular flexibility index (Phi) is 5.40. The number of hydrogen-bond donors (Lipinski definition) is 2. The third-order valence-corrected chi connectivity index (χ3v) is 1.56. The molecular weight excluding hydrogens is 210 g/mol. The lowest BCUT2D eigenvalue weighted by Gasteiger charge is -2.00. The molecule has 0 bridgehead atoms. The van der Waals surface area contributed by atoms with Gasteiger partial charge in [-0.1, -0.05) is 12.7 Å². The SMILES string of the molecule is C=C/C(C(N)=O)=C(\C=NCC(C)=O)C(N)=O. The molecule has 0 aliphatic carbocycles. The molecule has 0 heterocycles. The zero-order valence-corrected chi connectivity index (χ0v) is 8.90. The number of primary amides is 2. The van der Waals surface area contributed by atoms with Crippen molar-refractivity contribution in [1.82, 2.24) is 0 Å². The largest absolute Gasteiger partial charge is 0.366 e. The number of rotatable bonds is 6. The van der Waals surface area contributed by atoms with E-state index >= 15 is 0 Å². The average Bonchev–Trinajstić information content (AvgIpc) is 2.15. The summed E-state index contributed by atoms with van der Waals surface area (Å²) in [4.78, 5) is 36.2. The highest BCUT2D eigenvalue weighted by Crippen LogP contribution is 2.03. The minimum Gasteiger partial charge on any atom is -0.366 e. The Hall–Kier alpha value is -2.24. The maximum Gasteiger partial charge on any atom is 0.251 e. The van der Waals surface area contributed by atoms with Gasteiger partial charge in [-0.15, -0.1) is 0 Å². The summed E-state index contributed by atoms with van der Waals surface area (Å²) in [7, 11) is 0.